The van der Waals surface area contributed by atoms with E-state index >= 15 is 0 Å². The number of nitrogens with two attached hydrogens (primary N) is 2. The van der Waals surface area contributed by atoms with Gasteiger partial charge in [-0.05, 0) is 49.3 Å². The molecule has 8 N–H and O–H groups in total. The van der Waals surface area contributed by atoms with Gasteiger partial charge in [0, 0.05) is 23.2 Å². The Bertz CT molecular complexity index is 1520. The molecule has 5 rings (SSSR count). The van der Waals surface area contributed by atoms with E-state index in [9.17, 15) is 39.6 Å². The van der Waals surface area contributed by atoms with Gasteiger partial charge < -0.3 is 41.5 Å². The van der Waals surface area contributed by atoms with E-state index in [0.29, 0.717) is 16.8 Å². The number of primary amides is 1. The third-order valence-electron chi connectivity index (χ3n) is 8.93. The number of fused-ring (bicyclic) bond motifs is 3. The molecule has 0 radical (unpaired) electrons. The van der Waals surface area contributed by atoms with Crippen LogP contribution in [0.3, 0.4) is 0 Å². The zero-order chi connectivity index (χ0) is 30.8. The Morgan fingerprint density at radius 3 is 2.31 bits per heavy atom. The number of ketones is 2. The lowest BCUT2D eigenvalue weighted by Crippen LogP contribution is -2.77. The van der Waals surface area contributed by atoms with Gasteiger partial charge in [0.1, 0.15) is 23.5 Å². The number of benzene rings is 2. The summed E-state index contributed by atoms with van der Waals surface area (Å²) >= 11 is 0. The fraction of sp³-hybridized carbons (Fsp3) is 0.400. The second-order valence-electron chi connectivity index (χ2n) is 11.5. The van der Waals surface area contributed by atoms with Crippen LogP contribution >= 0.6 is 0 Å². The molecule has 3 aliphatic rings. The number of rotatable bonds is 5. The van der Waals surface area contributed by atoms with Gasteiger partial charge in [0.2, 0.25) is 11.7 Å². The van der Waals surface area contributed by atoms with Crippen LogP contribution in [0.5, 0.6) is 5.75 Å². The maximum atomic E-state index is 14.2. The number of ether oxygens (including phenoxy) is 1. The topological polar surface area (TPSA) is 214 Å². The molecule has 2 aromatic rings. The molecule has 222 valence electrons. The van der Waals surface area contributed by atoms with Crippen LogP contribution in [-0.4, -0.2) is 86.7 Å². The molecule has 0 saturated heterocycles. The summed E-state index contributed by atoms with van der Waals surface area (Å²) in [6, 6.07) is 9.71. The van der Waals surface area contributed by atoms with Gasteiger partial charge in [-0.3, -0.25) is 19.2 Å². The Balaban J connectivity index is 1.73. The lowest BCUT2D eigenvalue weighted by molar-refractivity contribution is -0.206. The molecule has 2 fully saturated rings. The van der Waals surface area contributed by atoms with Crippen molar-refractivity contribution in [1.82, 2.24) is 4.90 Å². The molecule has 2 unspecified atom stereocenters. The third kappa shape index (κ3) is 4.17. The summed E-state index contributed by atoms with van der Waals surface area (Å²) in [6.07, 6.45) is -3.43. The fourth-order valence-electron chi connectivity index (χ4n) is 7.04. The number of hydrogen-bond donors (Lipinski definition) is 6. The maximum absolute atomic E-state index is 14.2. The number of aromatic hydroxyl groups is 1. The van der Waals surface area contributed by atoms with Crippen molar-refractivity contribution in [1.29, 1.82) is 0 Å². The average Bonchev–Trinajstić information content (AvgIpc) is 2.91. The molecule has 42 heavy (non-hydrogen) atoms. The van der Waals surface area contributed by atoms with Gasteiger partial charge in [-0.25, -0.2) is 0 Å². The number of aliphatic hydroxyl groups is 3. The second-order valence-corrected chi connectivity index (χ2v) is 11.5. The first-order chi connectivity index (χ1) is 19.7. The number of phenols is 1. The van der Waals surface area contributed by atoms with E-state index < -0.39 is 82.3 Å². The van der Waals surface area contributed by atoms with Crippen LogP contribution in [0.15, 0.2) is 48.0 Å². The fourth-order valence-corrected chi connectivity index (χ4v) is 7.04. The highest BCUT2D eigenvalue weighted by molar-refractivity contribution is 6.25. The van der Waals surface area contributed by atoms with E-state index in [1.165, 1.54) is 25.1 Å². The number of carbonyl (C=O) groups excluding carboxylic acids is 4. The Kier molecular flexibility index (Phi) is 7.12. The number of esters is 1. The van der Waals surface area contributed by atoms with Crippen molar-refractivity contribution >= 4 is 34.9 Å². The molecule has 12 nitrogen and oxygen atoms in total. The van der Waals surface area contributed by atoms with Crippen LogP contribution in [0.1, 0.15) is 29.5 Å². The number of aliphatic hydroxyl groups excluding tert-OH is 2. The summed E-state index contributed by atoms with van der Waals surface area (Å²) < 4.78 is 6.02. The van der Waals surface area contributed by atoms with Gasteiger partial charge in [-0.15, -0.1) is 0 Å². The summed E-state index contributed by atoms with van der Waals surface area (Å²) in [5, 5.41) is 45.4. The zero-order valence-electron chi connectivity index (χ0n) is 23.2. The van der Waals surface area contributed by atoms with E-state index in [4.69, 9.17) is 16.2 Å². The highest BCUT2D eigenvalue weighted by Gasteiger charge is 2.72. The Hall–Kier alpha value is -4.26. The van der Waals surface area contributed by atoms with Gasteiger partial charge >= 0.3 is 5.97 Å². The van der Waals surface area contributed by atoms with E-state index in [2.05, 4.69) is 0 Å². The number of nitrogens with zero attached hydrogens (tertiary/aromatic N) is 1. The number of hydrogen-bond acceptors (Lipinski definition) is 11. The first-order valence-electron chi connectivity index (χ1n) is 13.5. The molecule has 1 amide bonds. The molecule has 2 aromatic carbocycles. The summed E-state index contributed by atoms with van der Waals surface area (Å²) in [5.74, 6) is -10.9. The van der Waals surface area contributed by atoms with Crippen LogP contribution in [0.2, 0.25) is 0 Å². The molecular formula is C30H33N3O9. The summed E-state index contributed by atoms with van der Waals surface area (Å²) in [7, 11) is 3.03. The highest BCUT2D eigenvalue weighted by atomic mass is 16.5. The molecule has 0 bridgehead atoms. The molecule has 0 aliphatic heterocycles. The largest absolute Gasteiger partial charge is 0.507 e. The maximum Gasteiger partial charge on any atom is 0.310 e. The SMILES string of the molecule is C[C@H]1c2cccc(O)c2C(O)=C2C(=O)[C@]3(O)C(=O)C(C(N)=O)C(O)[C@@H](N(C)C)[C@@H]3[C@@H](OC(=O)Cc3ccc(N)cc3)[C@@H]21. The third-order valence-corrected chi connectivity index (χ3v) is 8.93. The minimum Gasteiger partial charge on any atom is -0.507 e. The van der Waals surface area contributed by atoms with Crippen molar-refractivity contribution in [2.24, 2.45) is 23.5 Å². The van der Waals surface area contributed by atoms with Gasteiger partial charge in [-0.2, -0.15) is 0 Å². The van der Waals surface area contributed by atoms with E-state index in [-0.39, 0.29) is 17.7 Å². The summed E-state index contributed by atoms with van der Waals surface area (Å²) in [4.78, 5) is 55.2. The van der Waals surface area contributed by atoms with Crippen molar-refractivity contribution in [3.05, 3.63) is 64.7 Å². The van der Waals surface area contributed by atoms with Crippen molar-refractivity contribution in [3.8, 4) is 5.75 Å². The lowest BCUT2D eigenvalue weighted by atomic mass is 9.51. The predicted octanol–water partition coefficient (Wildman–Crippen LogP) is 0.0366. The summed E-state index contributed by atoms with van der Waals surface area (Å²) in [5.41, 5.74) is 9.20. The quantitative estimate of drug-likeness (QED) is 0.158. The zero-order valence-corrected chi connectivity index (χ0v) is 23.2. The van der Waals surface area contributed by atoms with Crippen LogP contribution in [-0.2, 0) is 30.3 Å². The molecule has 3 aliphatic carbocycles. The molecule has 0 aromatic heterocycles. The standard InChI is InChI=1S/C30H33N3O9/c1-12-15-5-4-6-16(34)19(15)24(36)20-18(12)26(42-17(35)11-13-7-9-14(31)10-8-13)22-23(33(2)3)25(37)21(29(32)40)28(39)30(22,41)27(20)38/h4-10,12,18,21-23,25-26,34,36-37,41H,11,31H2,1-3H3,(H2,32,40)/t12-,18+,21?,22+,23-,25?,26-,30-/m0/s1. The predicted molar refractivity (Wildman–Crippen MR) is 149 cm³/mol. The Labute approximate surface area is 241 Å². The van der Waals surface area contributed by atoms with Gasteiger partial charge in [0.15, 0.2) is 11.4 Å². The highest BCUT2D eigenvalue weighted by Crippen LogP contribution is 2.56. The minimum absolute atomic E-state index is 0.0579. The minimum atomic E-state index is -3.01. The number of Topliss-reactive ketones (excluding diaryl/α,β-unsaturated/α-hetero) is 2. The number of phenolic OH excluding ortho intramolecular Hbond substituents is 1. The van der Waals surface area contributed by atoms with Crippen molar-refractivity contribution < 1.29 is 44.3 Å². The lowest BCUT2D eigenvalue weighted by Gasteiger charge is -2.57. The van der Waals surface area contributed by atoms with Crippen molar-refractivity contribution in [2.45, 2.75) is 43.1 Å². The molecule has 2 saturated carbocycles. The monoisotopic (exact) mass is 579 g/mol. The second kappa shape index (κ2) is 10.2. The van der Waals surface area contributed by atoms with Crippen molar-refractivity contribution in [2.75, 3.05) is 19.8 Å². The number of likely N-dealkylation sites (N-methyl/N-ethyl adjacent to an activating group) is 1. The molecule has 0 heterocycles. The van der Waals surface area contributed by atoms with Crippen LogP contribution in [0.25, 0.3) is 5.76 Å². The smallest absolute Gasteiger partial charge is 0.310 e. The molecule has 8 atom stereocenters. The number of anilines is 1. The van der Waals surface area contributed by atoms with Gasteiger partial charge in [-0.1, -0.05) is 31.2 Å². The van der Waals surface area contributed by atoms with Crippen LogP contribution in [0, 0.1) is 17.8 Å². The number of carbonyl (C=O) groups is 4. The van der Waals surface area contributed by atoms with E-state index in [1.807, 2.05) is 0 Å². The summed E-state index contributed by atoms with van der Waals surface area (Å²) in [6.45, 7) is 1.70. The molecule has 12 heteroatoms. The number of amides is 1. The van der Waals surface area contributed by atoms with E-state index in [1.54, 1.807) is 43.3 Å². The number of nitrogen functional groups attached to an aromatic ring is 1. The van der Waals surface area contributed by atoms with E-state index in [0.717, 1.165) is 0 Å². The van der Waals surface area contributed by atoms with Crippen LogP contribution < -0.4 is 11.5 Å². The molecular weight excluding hydrogens is 546 g/mol. The molecule has 0 spiro atoms. The Morgan fingerprint density at radius 2 is 1.71 bits per heavy atom. The van der Waals surface area contributed by atoms with Crippen LogP contribution in [0.4, 0.5) is 5.69 Å². The van der Waals surface area contributed by atoms with Crippen molar-refractivity contribution in [3.63, 3.8) is 0 Å². The van der Waals surface area contributed by atoms with Gasteiger partial charge in [0.25, 0.3) is 0 Å². The Morgan fingerprint density at radius 1 is 1.07 bits per heavy atom. The average molecular weight is 580 g/mol. The normalized spacial score (nSPS) is 32.2. The van der Waals surface area contributed by atoms with Gasteiger partial charge in [0.05, 0.1) is 24.0 Å². The first-order valence-corrected chi connectivity index (χ1v) is 13.5. The first kappa shape index (κ1) is 29.2.